The maximum absolute atomic E-state index is 13.2. The van der Waals surface area contributed by atoms with Crippen molar-refractivity contribution in [3.63, 3.8) is 0 Å². The van der Waals surface area contributed by atoms with Gasteiger partial charge in [-0.15, -0.1) is 22.9 Å². The standard InChI is InChI=1S/C11H6Cl3FS/c12-7-2-1-6(5-8(7)15)11(14)9-3-4-10(13)16-9/h1-5,11H. The fourth-order valence-corrected chi connectivity index (χ4v) is 2.83. The summed E-state index contributed by atoms with van der Waals surface area (Å²) in [5.41, 5.74) is 0.669. The maximum Gasteiger partial charge on any atom is 0.142 e. The first-order chi connectivity index (χ1) is 7.58. The lowest BCUT2D eigenvalue weighted by molar-refractivity contribution is 0.626. The van der Waals surface area contributed by atoms with Gasteiger partial charge in [-0.1, -0.05) is 29.3 Å². The fraction of sp³-hybridized carbons (Fsp3) is 0.0909. The van der Waals surface area contributed by atoms with Gasteiger partial charge in [-0.2, -0.15) is 0 Å². The van der Waals surface area contributed by atoms with Crippen molar-refractivity contribution in [3.8, 4) is 0 Å². The van der Waals surface area contributed by atoms with Crippen LogP contribution in [-0.4, -0.2) is 0 Å². The summed E-state index contributed by atoms with van der Waals surface area (Å²) in [5.74, 6) is -0.465. The molecule has 1 aromatic carbocycles. The first-order valence-electron chi connectivity index (χ1n) is 4.42. The molecule has 16 heavy (non-hydrogen) atoms. The van der Waals surface area contributed by atoms with Crippen LogP contribution in [0.4, 0.5) is 4.39 Å². The number of hydrogen-bond acceptors (Lipinski definition) is 1. The summed E-state index contributed by atoms with van der Waals surface area (Å²) in [7, 11) is 0. The summed E-state index contributed by atoms with van der Waals surface area (Å²) in [5, 5.41) is -0.305. The molecule has 1 atom stereocenters. The Morgan fingerprint density at radius 2 is 1.88 bits per heavy atom. The lowest BCUT2D eigenvalue weighted by Crippen LogP contribution is -1.91. The van der Waals surface area contributed by atoms with Gasteiger partial charge in [-0.25, -0.2) is 4.39 Å². The number of benzene rings is 1. The van der Waals surface area contributed by atoms with E-state index in [4.69, 9.17) is 34.8 Å². The highest BCUT2D eigenvalue weighted by Crippen LogP contribution is 2.36. The molecule has 0 amide bonds. The SMILES string of the molecule is Fc1cc(C(Cl)c2ccc(Cl)s2)ccc1Cl. The zero-order valence-electron chi connectivity index (χ0n) is 7.88. The monoisotopic (exact) mass is 294 g/mol. The van der Waals surface area contributed by atoms with Crippen LogP contribution in [0.25, 0.3) is 0 Å². The third-order valence-electron chi connectivity index (χ3n) is 2.08. The normalized spacial score (nSPS) is 12.8. The molecule has 2 aromatic rings. The van der Waals surface area contributed by atoms with Crippen molar-refractivity contribution >= 4 is 46.1 Å². The second-order valence-corrected chi connectivity index (χ2v) is 5.77. The summed E-state index contributed by atoms with van der Waals surface area (Å²) in [6.07, 6.45) is 0. The lowest BCUT2D eigenvalue weighted by atomic mass is 10.1. The van der Waals surface area contributed by atoms with Crippen LogP contribution in [-0.2, 0) is 0 Å². The van der Waals surface area contributed by atoms with Crippen molar-refractivity contribution < 1.29 is 4.39 Å². The number of hydrogen-bond donors (Lipinski definition) is 0. The Morgan fingerprint density at radius 1 is 1.12 bits per heavy atom. The summed E-state index contributed by atoms with van der Waals surface area (Å²) < 4.78 is 13.9. The van der Waals surface area contributed by atoms with E-state index in [-0.39, 0.29) is 5.02 Å². The molecule has 0 N–H and O–H groups in total. The topological polar surface area (TPSA) is 0 Å². The minimum Gasteiger partial charge on any atom is -0.205 e. The zero-order valence-corrected chi connectivity index (χ0v) is 11.0. The van der Waals surface area contributed by atoms with Crippen LogP contribution < -0.4 is 0 Å². The van der Waals surface area contributed by atoms with E-state index in [9.17, 15) is 4.39 Å². The summed E-state index contributed by atoms with van der Waals surface area (Å²) in [4.78, 5) is 0.883. The highest BCUT2D eigenvalue weighted by molar-refractivity contribution is 7.16. The van der Waals surface area contributed by atoms with Crippen molar-refractivity contribution in [1.82, 2.24) is 0 Å². The zero-order chi connectivity index (χ0) is 11.7. The van der Waals surface area contributed by atoms with Crippen LogP contribution in [0, 0.1) is 5.82 Å². The number of alkyl halides is 1. The number of thiophene rings is 1. The second kappa shape index (κ2) is 4.92. The van der Waals surface area contributed by atoms with Gasteiger partial charge in [-0.3, -0.25) is 0 Å². The predicted molar refractivity (Wildman–Crippen MR) is 68.4 cm³/mol. The Morgan fingerprint density at radius 3 is 2.44 bits per heavy atom. The Labute approximate surface area is 112 Å². The van der Waals surface area contributed by atoms with Gasteiger partial charge < -0.3 is 0 Å². The van der Waals surface area contributed by atoms with Gasteiger partial charge in [0.1, 0.15) is 5.82 Å². The lowest BCUT2D eigenvalue weighted by Gasteiger charge is -2.07. The molecule has 0 aliphatic rings. The van der Waals surface area contributed by atoms with E-state index in [1.165, 1.54) is 23.5 Å². The maximum atomic E-state index is 13.2. The Balaban J connectivity index is 2.33. The molecular formula is C11H6Cl3FS. The molecular weight excluding hydrogens is 290 g/mol. The predicted octanol–water partition coefficient (Wildman–Crippen LogP) is 5.52. The Bertz CT molecular complexity index is 510. The Hall–Kier alpha value is -0.280. The summed E-state index contributed by atoms with van der Waals surface area (Å²) in [6, 6.07) is 8.14. The first kappa shape index (κ1) is 12.2. The highest BCUT2D eigenvalue weighted by Gasteiger charge is 2.14. The van der Waals surface area contributed by atoms with E-state index in [0.29, 0.717) is 9.90 Å². The molecule has 0 saturated carbocycles. The molecule has 0 radical (unpaired) electrons. The van der Waals surface area contributed by atoms with E-state index in [1.807, 2.05) is 6.07 Å². The van der Waals surface area contributed by atoms with Crippen LogP contribution in [0.5, 0.6) is 0 Å². The quantitative estimate of drug-likeness (QED) is 0.640. The van der Waals surface area contributed by atoms with E-state index < -0.39 is 11.2 Å². The van der Waals surface area contributed by atoms with E-state index in [2.05, 4.69) is 0 Å². The molecule has 1 heterocycles. The van der Waals surface area contributed by atoms with E-state index in [1.54, 1.807) is 12.1 Å². The molecule has 0 aliphatic heterocycles. The van der Waals surface area contributed by atoms with Gasteiger partial charge in [0.2, 0.25) is 0 Å². The minimum atomic E-state index is -0.465. The highest BCUT2D eigenvalue weighted by atomic mass is 35.5. The second-order valence-electron chi connectivity index (χ2n) is 3.18. The molecule has 0 aliphatic carbocycles. The smallest absolute Gasteiger partial charge is 0.142 e. The van der Waals surface area contributed by atoms with Crippen LogP contribution in [0.1, 0.15) is 15.8 Å². The average Bonchev–Trinajstić information content (AvgIpc) is 2.68. The third kappa shape index (κ3) is 2.51. The number of rotatable bonds is 2. The molecule has 0 nitrogen and oxygen atoms in total. The largest absolute Gasteiger partial charge is 0.205 e. The molecule has 0 spiro atoms. The summed E-state index contributed by atoms with van der Waals surface area (Å²) in [6.45, 7) is 0. The van der Waals surface area contributed by atoms with Gasteiger partial charge in [0, 0.05) is 4.88 Å². The molecule has 1 aromatic heterocycles. The van der Waals surface area contributed by atoms with Crippen LogP contribution >= 0.6 is 46.1 Å². The van der Waals surface area contributed by atoms with Crippen LogP contribution in [0.2, 0.25) is 9.36 Å². The molecule has 1 unspecified atom stereocenters. The molecule has 0 saturated heterocycles. The molecule has 84 valence electrons. The minimum absolute atomic E-state index is 0.0943. The van der Waals surface area contributed by atoms with Crippen molar-refractivity contribution in [2.24, 2.45) is 0 Å². The van der Waals surface area contributed by atoms with E-state index in [0.717, 1.165) is 4.88 Å². The fourth-order valence-electron chi connectivity index (χ4n) is 1.30. The van der Waals surface area contributed by atoms with Crippen molar-refractivity contribution in [2.75, 3.05) is 0 Å². The molecule has 0 fully saturated rings. The van der Waals surface area contributed by atoms with Gasteiger partial charge in [0.05, 0.1) is 14.7 Å². The van der Waals surface area contributed by atoms with Crippen molar-refractivity contribution in [3.05, 3.63) is 55.9 Å². The first-order valence-corrected chi connectivity index (χ1v) is 6.43. The van der Waals surface area contributed by atoms with Gasteiger partial charge >= 0.3 is 0 Å². The Kier molecular flexibility index (Phi) is 3.75. The molecule has 0 bridgehead atoms. The van der Waals surface area contributed by atoms with Crippen molar-refractivity contribution in [1.29, 1.82) is 0 Å². The molecule has 5 heteroatoms. The average molecular weight is 296 g/mol. The van der Waals surface area contributed by atoms with Crippen molar-refractivity contribution in [2.45, 2.75) is 5.38 Å². The van der Waals surface area contributed by atoms with Gasteiger partial charge in [0.15, 0.2) is 0 Å². The summed E-state index contributed by atoms with van der Waals surface area (Å²) >= 11 is 19.0. The van der Waals surface area contributed by atoms with Gasteiger partial charge in [-0.05, 0) is 29.8 Å². The molecule has 2 rings (SSSR count). The van der Waals surface area contributed by atoms with E-state index >= 15 is 0 Å². The van der Waals surface area contributed by atoms with Crippen LogP contribution in [0.15, 0.2) is 30.3 Å². The van der Waals surface area contributed by atoms with Gasteiger partial charge in [0.25, 0.3) is 0 Å². The van der Waals surface area contributed by atoms with Crippen LogP contribution in [0.3, 0.4) is 0 Å². The third-order valence-corrected chi connectivity index (χ3v) is 4.30. The number of halogens is 4.